The summed E-state index contributed by atoms with van der Waals surface area (Å²) < 4.78 is 1.96. The standard InChI is InChI=1S/C9H17N3S.C2H6/c1-2-3-4-5-7-12-8-6-9(11-12)13-10;1-2/h6,8H,2-5,7,10H2,1H3;1-2H3. The topological polar surface area (TPSA) is 43.8 Å². The molecule has 4 heteroatoms. The van der Waals surface area contributed by atoms with E-state index in [0.29, 0.717) is 0 Å². The molecule has 1 rings (SSSR count). The average Bonchev–Trinajstić information content (AvgIpc) is 2.75. The fraction of sp³-hybridized carbons (Fsp3) is 0.727. The number of unbranched alkanes of at least 4 members (excludes halogenated alkanes) is 3. The fourth-order valence-electron chi connectivity index (χ4n) is 1.23. The summed E-state index contributed by atoms with van der Waals surface area (Å²) in [5, 5.41) is 10.6. The number of aryl methyl sites for hydroxylation is 1. The van der Waals surface area contributed by atoms with E-state index in [4.69, 9.17) is 5.14 Å². The number of hydrogen-bond donors (Lipinski definition) is 1. The normalized spacial score (nSPS) is 9.60. The van der Waals surface area contributed by atoms with Crippen LogP contribution in [0.15, 0.2) is 17.3 Å². The van der Waals surface area contributed by atoms with E-state index < -0.39 is 0 Å². The van der Waals surface area contributed by atoms with Crippen LogP contribution in [0.2, 0.25) is 0 Å². The minimum Gasteiger partial charge on any atom is -0.272 e. The zero-order valence-corrected chi connectivity index (χ0v) is 10.9. The molecule has 0 fully saturated rings. The van der Waals surface area contributed by atoms with Crippen LogP contribution in [0.4, 0.5) is 0 Å². The first-order valence-corrected chi connectivity index (χ1v) is 6.65. The van der Waals surface area contributed by atoms with Crippen LogP contribution in [-0.4, -0.2) is 9.78 Å². The molecule has 2 N–H and O–H groups in total. The zero-order valence-electron chi connectivity index (χ0n) is 10.1. The van der Waals surface area contributed by atoms with Crippen LogP contribution in [0.5, 0.6) is 0 Å². The smallest absolute Gasteiger partial charge is 0.133 e. The lowest BCUT2D eigenvalue weighted by molar-refractivity contribution is 0.534. The molecule has 15 heavy (non-hydrogen) atoms. The van der Waals surface area contributed by atoms with Gasteiger partial charge in [0.2, 0.25) is 0 Å². The van der Waals surface area contributed by atoms with Crippen molar-refractivity contribution in [2.75, 3.05) is 0 Å². The van der Waals surface area contributed by atoms with Crippen molar-refractivity contribution in [3.8, 4) is 0 Å². The Morgan fingerprint density at radius 3 is 2.60 bits per heavy atom. The lowest BCUT2D eigenvalue weighted by atomic mass is 10.2. The minimum absolute atomic E-state index is 0.899. The molecule has 0 aliphatic heterocycles. The van der Waals surface area contributed by atoms with Crippen LogP contribution in [-0.2, 0) is 6.54 Å². The zero-order chi connectivity index (χ0) is 11.5. The maximum atomic E-state index is 5.38. The highest BCUT2D eigenvalue weighted by Crippen LogP contribution is 2.08. The van der Waals surface area contributed by atoms with Crippen LogP contribution in [0.25, 0.3) is 0 Å². The van der Waals surface area contributed by atoms with E-state index >= 15 is 0 Å². The third-order valence-electron chi connectivity index (χ3n) is 1.98. The molecule has 0 aliphatic carbocycles. The van der Waals surface area contributed by atoms with Gasteiger partial charge >= 0.3 is 0 Å². The number of aromatic nitrogens is 2. The van der Waals surface area contributed by atoms with Crippen molar-refractivity contribution in [2.24, 2.45) is 5.14 Å². The Hall–Kier alpha value is -0.480. The summed E-state index contributed by atoms with van der Waals surface area (Å²) in [6.07, 6.45) is 7.09. The lowest BCUT2D eigenvalue weighted by Crippen LogP contribution is -1.98. The quantitative estimate of drug-likeness (QED) is 0.600. The van der Waals surface area contributed by atoms with E-state index in [0.717, 1.165) is 11.6 Å². The predicted molar refractivity (Wildman–Crippen MR) is 67.8 cm³/mol. The maximum absolute atomic E-state index is 5.38. The van der Waals surface area contributed by atoms with Crippen molar-refractivity contribution in [1.82, 2.24) is 9.78 Å². The number of hydrogen-bond acceptors (Lipinski definition) is 3. The van der Waals surface area contributed by atoms with Crippen LogP contribution >= 0.6 is 11.9 Å². The third-order valence-corrected chi connectivity index (χ3v) is 2.44. The Bertz CT molecular complexity index is 235. The predicted octanol–water partition coefficient (Wildman–Crippen LogP) is 3.46. The molecule has 0 atom stereocenters. The highest BCUT2D eigenvalue weighted by Gasteiger charge is 1.96. The van der Waals surface area contributed by atoms with Gasteiger partial charge in [0.25, 0.3) is 0 Å². The molecule has 88 valence electrons. The molecule has 1 heterocycles. The molecule has 0 unspecified atom stereocenters. The summed E-state index contributed by atoms with van der Waals surface area (Å²) in [6.45, 7) is 7.23. The molecular weight excluding hydrogens is 206 g/mol. The molecule has 0 amide bonds. The van der Waals surface area contributed by atoms with Gasteiger partial charge in [-0.1, -0.05) is 40.0 Å². The van der Waals surface area contributed by atoms with Gasteiger partial charge in [-0.25, -0.2) is 0 Å². The summed E-state index contributed by atoms with van der Waals surface area (Å²) in [4.78, 5) is 0. The molecule has 1 aromatic rings. The second kappa shape index (κ2) is 10.1. The minimum atomic E-state index is 0.899. The van der Waals surface area contributed by atoms with Crippen LogP contribution in [0, 0.1) is 0 Å². The lowest BCUT2D eigenvalue weighted by Gasteiger charge is -1.99. The Balaban J connectivity index is 0.000000921. The van der Waals surface area contributed by atoms with Crippen LogP contribution < -0.4 is 5.14 Å². The van der Waals surface area contributed by atoms with Crippen molar-refractivity contribution in [3.05, 3.63) is 12.3 Å². The molecule has 0 radical (unpaired) electrons. The van der Waals surface area contributed by atoms with Crippen LogP contribution in [0.1, 0.15) is 46.5 Å². The monoisotopic (exact) mass is 229 g/mol. The van der Waals surface area contributed by atoms with Gasteiger partial charge in [-0.15, -0.1) is 0 Å². The van der Waals surface area contributed by atoms with Crippen molar-refractivity contribution in [2.45, 2.75) is 58.0 Å². The van der Waals surface area contributed by atoms with Crippen molar-refractivity contribution < 1.29 is 0 Å². The van der Waals surface area contributed by atoms with E-state index in [9.17, 15) is 0 Å². The highest BCUT2D eigenvalue weighted by molar-refractivity contribution is 7.97. The summed E-state index contributed by atoms with van der Waals surface area (Å²) in [5.74, 6) is 0. The first-order valence-electron chi connectivity index (χ1n) is 5.77. The van der Waals surface area contributed by atoms with E-state index in [1.54, 1.807) is 0 Å². The first-order chi connectivity index (χ1) is 7.36. The van der Waals surface area contributed by atoms with E-state index in [1.165, 1.54) is 37.6 Å². The molecule has 3 nitrogen and oxygen atoms in total. The molecule has 0 saturated heterocycles. The van der Waals surface area contributed by atoms with Gasteiger partial charge in [0.15, 0.2) is 0 Å². The first kappa shape index (κ1) is 14.5. The van der Waals surface area contributed by atoms with Crippen LogP contribution in [0.3, 0.4) is 0 Å². The molecule has 0 aliphatic rings. The van der Waals surface area contributed by atoms with Gasteiger partial charge in [0.05, 0.1) is 0 Å². The Labute approximate surface area is 97.6 Å². The summed E-state index contributed by atoms with van der Waals surface area (Å²) >= 11 is 1.20. The van der Waals surface area contributed by atoms with E-state index in [2.05, 4.69) is 12.0 Å². The molecule has 0 aromatic carbocycles. The molecule has 0 saturated carbocycles. The summed E-state index contributed by atoms with van der Waals surface area (Å²) in [7, 11) is 0. The van der Waals surface area contributed by atoms with Crippen molar-refractivity contribution in [1.29, 1.82) is 0 Å². The molecular formula is C11H23N3S. The molecule has 0 spiro atoms. The average molecular weight is 229 g/mol. The van der Waals surface area contributed by atoms with E-state index in [1.807, 2.05) is 30.8 Å². The molecule has 0 bridgehead atoms. The van der Waals surface area contributed by atoms with Gasteiger partial charge in [-0.3, -0.25) is 9.82 Å². The molecule has 1 aromatic heterocycles. The van der Waals surface area contributed by atoms with Gasteiger partial charge in [0.1, 0.15) is 5.03 Å². The second-order valence-corrected chi connectivity index (χ2v) is 3.75. The number of nitrogens with two attached hydrogens (primary N) is 1. The Kier molecular flexibility index (Phi) is 9.73. The highest BCUT2D eigenvalue weighted by atomic mass is 32.2. The van der Waals surface area contributed by atoms with Gasteiger partial charge < -0.3 is 0 Å². The Morgan fingerprint density at radius 2 is 2.07 bits per heavy atom. The van der Waals surface area contributed by atoms with Gasteiger partial charge in [-0.2, -0.15) is 5.10 Å². The van der Waals surface area contributed by atoms with Gasteiger partial charge in [-0.05, 0) is 24.4 Å². The third kappa shape index (κ3) is 6.57. The number of nitrogens with zero attached hydrogens (tertiary/aromatic N) is 2. The van der Waals surface area contributed by atoms with E-state index in [-0.39, 0.29) is 0 Å². The SMILES string of the molecule is CC.CCCCCCn1ccc(SN)n1. The fourth-order valence-corrected chi connectivity index (χ4v) is 1.52. The maximum Gasteiger partial charge on any atom is 0.133 e. The summed E-state index contributed by atoms with van der Waals surface area (Å²) in [5.41, 5.74) is 0. The second-order valence-electron chi connectivity index (χ2n) is 3.10. The van der Waals surface area contributed by atoms with Gasteiger partial charge in [0, 0.05) is 12.7 Å². The number of rotatable bonds is 6. The van der Waals surface area contributed by atoms with Crippen molar-refractivity contribution in [3.63, 3.8) is 0 Å². The Morgan fingerprint density at radius 1 is 1.33 bits per heavy atom. The van der Waals surface area contributed by atoms with Crippen molar-refractivity contribution >= 4 is 11.9 Å². The largest absolute Gasteiger partial charge is 0.272 e. The summed E-state index contributed by atoms with van der Waals surface area (Å²) in [6, 6.07) is 1.95.